The number of carboxylic acid groups (broad SMARTS) is 1. The summed E-state index contributed by atoms with van der Waals surface area (Å²) in [5.74, 6) is -1.43. The number of aliphatic carboxylic acids is 1. The van der Waals surface area contributed by atoms with Gasteiger partial charge in [0.05, 0.1) is 6.61 Å². The number of amides is 1. The fourth-order valence-electron chi connectivity index (χ4n) is 0.954. The Morgan fingerprint density at radius 2 is 2.00 bits per heavy atom. The zero-order valence-electron chi connectivity index (χ0n) is 8.74. The molecule has 1 unspecified atom stereocenters. The van der Waals surface area contributed by atoms with Crippen LogP contribution in [0.4, 0.5) is 0 Å². The molecule has 0 rings (SSSR count). The molecular weight excluding hydrogens is 186 g/mol. The molecule has 0 heterocycles. The summed E-state index contributed by atoms with van der Waals surface area (Å²) in [7, 11) is 1.49. The van der Waals surface area contributed by atoms with E-state index in [4.69, 9.17) is 9.84 Å². The van der Waals surface area contributed by atoms with Crippen LogP contribution in [0.3, 0.4) is 0 Å². The predicted octanol–water partition coefficient (Wildman–Crippen LogP) is 0.248. The number of carbonyl (C=O) groups excluding carboxylic acids is 1. The number of ether oxygens (including phenoxy) is 1. The minimum atomic E-state index is -1.01. The highest BCUT2D eigenvalue weighted by atomic mass is 16.5. The number of hydrogen-bond acceptors (Lipinski definition) is 3. The number of carbonyl (C=O) groups is 2. The first-order valence-electron chi connectivity index (χ1n) is 4.50. The molecule has 5 nitrogen and oxygen atoms in total. The van der Waals surface area contributed by atoms with E-state index in [2.05, 4.69) is 5.32 Å². The van der Waals surface area contributed by atoms with Crippen LogP contribution in [0.15, 0.2) is 0 Å². The van der Waals surface area contributed by atoms with Crippen molar-refractivity contribution in [3.63, 3.8) is 0 Å². The highest BCUT2D eigenvalue weighted by molar-refractivity contribution is 5.83. The van der Waals surface area contributed by atoms with Crippen LogP contribution in [0.1, 0.15) is 20.3 Å². The molecule has 0 aliphatic carbocycles. The van der Waals surface area contributed by atoms with Crippen LogP contribution in [-0.2, 0) is 14.3 Å². The largest absolute Gasteiger partial charge is 0.480 e. The van der Waals surface area contributed by atoms with Crippen molar-refractivity contribution in [1.82, 2.24) is 5.32 Å². The van der Waals surface area contributed by atoms with Crippen LogP contribution in [0.2, 0.25) is 0 Å². The Labute approximate surface area is 83.4 Å². The lowest BCUT2D eigenvalue weighted by Gasteiger charge is -2.17. The summed E-state index contributed by atoms with van der Waals surface area (Å²) >= 11 is 0. The molecule has 82 valence electrons. The van der Waals surface area contributed by atoms with E-state index in [0.29, 0.717) is 6.61 Å². The maximum absolute atomic E-state index is 11.2. The molecule has 0 aliphatic heterocycles. The van der Waals surface area contributed by atoms with Crippen molar-refractivity contribution < 1.29 is 19.4 Å². The van der Waals surface area contributed by atoms with Gasteiger partial charge in [0.2, 0.25) is 5.91 Å². The van der Waals surface area contributed by atoms with Gasteiger partial charge in [-0.3, -0.25) is 4.79 Å². The fourth-order valence-corrected chi connectivity index (χ4v) is 0.954. The summed E-state index contributed by atoms with van der Waals surface area (Å²) in [5, 5.41) is 11.2. The highest BCUT2D eigenvalue weighted by Gasteiger charge is 2.22. The maximum atomic E-state index is 11.2. The Balaban J connectivity index is 4.04. The molecule has 0 aromatic carbocycles. The van der Waals surface area contributed by atoms with Crippen molar-refractivity contribution in [3.05, 3.63) is 0 Å². The van der Waals surface area contributed by atoms with Gasteiger partial charge in [0.15, 0.2) is 0 Å². The third kappa shape index (κ3) is 4.81. The second kappa shape index (κ2) is 6.37. The molecule has 0 radical (unpaired) electrons. The van der Waals surface area contributed by atoms with Gasteiger partial charge in [-0.15, -0.1) is 0 Å². The molecular formula is C9H17NO4. The summed E-state index contributed by atoms with van der Waals surface area (Å²) in [6.45, 7) is 3.79. The minimum Gasteiger partial charge on any atom is -0.480 e. The van der Waals surface area contributed by atoms with Crippen molar-refractivity contribution in [2.45, 2.75) is 26.3 Å². The monoisotopic (exact) mass is 203 g/mol. The van der Waals surface area contributed by atoms with Crippen molar-refractivity contribution >= 4 is 11.9 Å². The minimum absolute atomic E-state index is 0.126. The van der Waals surface area contributed by atoms with Crippen molar-refractivity contribution in [1.29, 1.82) is 0 Å². The molecule has 1 amide bonds. The maximum Gasteiger partial charge on any atom is 0.326 e. The first kappa shape index (κ1) is 12.9. The lowest BCUT2D eigenvalue weighted by atomic mass is 10.0. The molecule has 0 aliphatic rings. The van der Waals surface area contributed by atoms with Gasteiger partial charge in [0, 0.05) is 13.5 Å². The van der Waals surface area contributed by atoms with Crippen LogP contribution in [0, 0.1) is 5.92 Å². The second-order valence-corrected chi connectivity index (χ2v) is 3.37. The molecule has 0 aromatic heterocycles. The Hall–Kier alpha value is -1.10. The van der Waals surface area contributed by atoms with E-state index in [0.717, 1.165) is 0 Å². The zero-order valence-corrected chi connectivity index (χ0v) is 8.74. The van der Waals surface area contributed by atoms with E-state index in [1.54, 1.807) is 13.8 Å². The van der Waals surface area contributed by atoms with E-state index in [1.807, 2.05) is 0 Å². The lowest BCUT2D eigenvalue weighted by Crippen LogP contribution is -2.44. The van der Waals surface area contributed by atoms with Gasteiger partial charge in [-0.25, -0.2) is 4.79 Å². The Kier molecular flexibility index (Phi) is 5.87. The molecule has 5 heteroatoms. The van der Waals surface area contributed by atoms with Crippen LogP contribution < -0.4 is 5.32 Å². The first-order chi connectivity index (χ1) is 6.49. The van der Waals surface area contributed by atoms with E-state index in [9.17, 15) is 9.59 Å². The molecule has 14 heavy (non-hydrogen) atoms. The third-order valence-corrected chi connectivity index (χ3v) is 1.78. The quantitative estimate of drug-likeness (QED) is 0.648. The normalized spacial score (nSPS) is 12.6. The molecule has 0 saturated heterocycles. The summed E-state index contributed by atoms with van der Waals surface area (Å²) in [6, 6.07) is -0.820. The van der Waals surface area contributed by atoms with Gasteiger partial charge >= 0.3 is 5.97 Å². The number of rotatable bonds is 6. The van der Waals surface area contributed by atoms with Crippen LogP contribution in [-0.4, -0.2) is 36.7 Å². The third-order valence-electron chi connectivity index (χ3n) is 1.78. The number of nitrogens with one attached hydrogen (secondary N) is 1. The average Bonchev–Trinajstić information content (AvgIpc) is 2.09. The van der Waals surface area contributed by atoms with Crippen LogP contribution in [0.25, 0.3) is 0 Å². The van der Waals surface area contributed by atoms with Crippen LogP contribution in [0.5, 0.6) is 0 Å². The average molecular weight is 203 g/mol. The van der Waals surface area contributed by atoms with E-state index in [-0.39, 0.29) is 18.2 Å². The van der Waals surface area contributed by atoms with Crippen molar-refractivity contribution in [2.24, 2.45) is 5.92 Å². The van der Waals surface area contributed by atoms with Gasteiger partial charge in [0.25, 0.3) is 0 Å². The van der Waals surface area contributed by atoms with E-state index < -0.39 is 12.0 Å². The topological polar surface area (TPSA) is 75.6 Å². The Morgan fingerprint density at radius 3 is 2.36 bits per heavy atom. The molecule has 0 saturated carbocycles. The zero-order chi connectivity index (χ0) is 11.1. The molecule has 0 spiro atoms. The molecule has 0 aromatic rings. The second-order valence-electron chi connectivity index (χ2n) is 3.37. The smallest absolute Gasteiger partial charge is 0.326 e. The van der Waals surface area contributed by atoms with Gasteiger partial charge in [-0.2, -0.15) is 0 Å². The number of methoxy groups -OCH3 is 1. The number of carboxylic acids is 1. The van der Waals surface area contributed by atoms with E-state index in [1.165, 1.54) is 7.11 Å². The van der Waals surface area contributed by atoms with Gasteiger partial charge in [-0.05, 0) is 5.92 Å². The first-order valence-corrected chi connectivity index (χ1v) is 4.50. The van der Waals surface area contributed by atoms with Crippen LogP contribution >= 0.6 is 0 Å². The summed E-state index contributed by atoms with van der Waals surface area (Å²) in [6.07, 6.45) is 0.188. The number of hydrogen-bond donors (Lipinski definition) is 2. The standard InChI is InChI=1S/C9H17NO4/c1-6(2)8(9(12)13)10-7(11)4-5-14-3/h6,8H,4-5H2,1-3H3,(H,10,11)(H,12,13). The molecule has 2 N–H and O–H groups in total. The van der Waals surface area contributed by atoms with Crippen molar-refractivity contribution in [3.8, 4) is 0 Å². The van der Waals surface area contributed by atoms with Gasteiger partial charge in [-0.1, -0.05) is 13.8 Å². The Morgan fingerprint density at radius 1 is 1.43 bits per heavy atom. The van der Waals surface area contributed by atoms with Gasteiger partial charge < -0.3 is 15.2 Å². The Bertz CT molecular complexity index is 203. The molecule has 0 fully saturated rings. The SMILES string of the molecule is COCCC(=O)NC(C(=O)O)C(C)C. The molecule has 0 bridgehead atoms. The predicted molar refractivity (Wildman–Crippen MR) is 50.9 cm³/mol. The van der Waals surface area contributed by atoms with Gasteiger partial charge in [0.1, 0.15) is 6.04 Å². The highest BCUT2D eigenvalue weighted by Crippen LogP contribution is 2.01. The van der Waals surface area contributed by atoms with E-state index >= 15 is 0 Å². The summed E-state index contributed by atoms with van der Waals surface area (Å²) in [5.41, 5.74) is 0. The fraction of sp³-hybridized carbons (Fsp3) is 0.778. The summed E-state index contributed by atoms with van der Waals surface area (Å²) < 4.78 is 4.71. The lowest BCUT2D eigenvalue weighted by molar-refractivity contribution is -0.143. The molecule has 1 atom stereocenters. The summed E-state index contributed by atoms with van der Waals surface area (Å²) in [4.78, 5) is 21.9. The van der Waals surface area contributed by atoms with Crippen molar-refractivity contribution in [2.75, 3.05) is 13.7 Å².